The summed E-state index contributed by atoms with van der Waals surface area (Å²) in [4.78, 5) is 13.3. The summed E-state index contributed by atoms with van der Waals surface area (Å²) >= 11 is 1.35. The van der Waals surface area contributed by atoms with Crippen molar-refractivity contribution in [1.29, 1.82) is 0 Å². The second-order valence-electron chi connectivity index (χ2n) is 2.97. The average molecular weight is 192 g/mol. The topological polar surface area (TPSA) is 61.4 Å². The summed E-state index contributed by atoms with van der Waals surface area (Å²) in [6.45, 7) is 3.99. The van der Waals surface area contributed by atoms with E-state index in [2.05, 4.69) is 10.3 Å². The summed E-state index contributed by atoms with van der Waals surface area (Å²) in [5.41, 5.74) is 2.71. The third-order valence-electron chi connectivity index (χ3n) is 1.34. The van der Waals surface area contributed by atoms with Gasteiger partial charge in [0.2, 0.25) is 0 Å². The van der Waals surface area contributed by atoms with E-state index in [1.807, 2.05) is 20.1 Å². The van der Waals surface area contributed by atoms with Crippen molar-refractivity contribution in [2.75, 3.05) is 6.26 Å². The Morgan fingerprint density at radius 1 is 1.58 bits per heavy atom. The zero-order valence-corrected chi connectivity index (χ0v) is 8.44. The molecule has 12 heavy (non-hydrogen) atoms. The van der Waals surface area contributed by atoms with Gasteiger partial charge in [-0.15, -0.1) is 0 Å². The van der Waals surface area contributed by atoms with Crippen LogP contribution in [0.2, 0.25) is 0 Å². The molecule has 0 saturated heterocycles. The molecule has 3 N–H and O–H groups in total. The molecule has 5 heteroatoms. The second-order valence-corrected chi connectivity index (χ2v) is 3.58. The first-order chi connectivity index (χ1) is 5.57. The van der Waals surface area contributed by atoms with Crippen LogP contribution >= 0.6 is 11.9 Å². The average Bonchev–Trinajstić information content (AvgIpc) is 1.96. The predicted molar refractivity (Wildman–Crippen MR) is 50.7 cm³/mol. The summed E-state index contributed by atoms with van der Waals surface area (Å²) in [7, 11) is 0. The summed E-state index contributed by atoms with van der Waals surface area (Å²) in [5, 5.41) is 8.74. The molecule has 0 saturated carbocycles. The van der Waals surface area contributed by atoms with Gasteiger partial charge in [0.05, 0.1) is 0 Å². The van der Waals surface area contributed by atoms with Crippen LogP contribution in [-0.2, 0) is 4.79 Å². The number of carbonyl (C=O) groups is 1. The van der Waals surface area contributed by atoms with Crippen LogP contribution in [0, 0.1) is 5.92 Å². The number of carboxylic acid groups (broad SMARTS) is 1. The SMILES string of the molecule is CSNN[C@@H](CC(C)C)C(=O)O. The van der Waals surface area contributed by atoms with E-state index in [-0.39, 0.29) is 0 Å². The van der Waals surface area contributed by atoms with Crippen LogP contribution in [0.25, 0.3) is 0 Å². The van der Waals surface area contributed by atoms with Crippen molar-refractivity contribution in [3.63, 3.8) is 0 Å². The highest BCUT2D eigenvalue weighted by Crippen LogP contribution is 2.04. The molecule has 0 aromatic heterocycles. The zero-order chi connectivity index (χ0) is 9.56. The molecule has 0 unspecified atom stereocenters. The molecule has 0 radical (unpaired) electrons. The molecular formula is C7H16N2O2S. The van der Waals surface area contributed by atoms with Gasteiger partial charge in [-0.2, -0.15) is 0 Å². The minimum atomic E-state index is -0.815. The fourth-order valence-corrected chi connectivity index (χ4v) is 1.08. The molecule has 0 aliphatic carbocycles. The molecule has 0 spiro atoms. The lowest BCUT2D eigenvalue weighted by Crippen LogP contribution is -2.43. The third kappa shape index (κ3) is 5.40. The standard InChI is InChI=1S/C7H16N2O2S/c1-5(2)4-6(7(10)11)8-9-12-3/h5-6,8-9H,4H2,1-3H3,(H,10,11)/t6-/m0/s1. The lowest BCUT2D eigenvalue weighted by molar-refractivity contribution is -0.140. The zero-order valence-electron chi connectivity index (χ0n) is 7.63. The Hall–Kier alpha value is -0.260. The van der Waals surface area contributed by atoms with Crippen LogP contribution in [0.3, 0.4) is 0 Å². The van der Waals surface area contributed by atoms with Crippen molar-refractivity contribution < 1.29 is 9.90 Å². The Kier molecular flexibility index (Phi) is 6.14. The van der Waals surface area contributed by atoms with Crippen LogP contribution in [0.5, 0.6) is 0 Å². The van der Waals surface area contributed by atoms with E-state index in [0.717, 1.165) is 0 Å². The quantitative estimate of drug-likeness (QED) is 0.430. The Morgan fingerprint density at radius 3 is 2.50 bits per heavy atom. The van der Waals surface area contributed by atoms with Crippen molar-refractivity contribution >= 4 is 17.9 Å². The van der Waals surface area contributed by atoms with Gasteiger partial charge in [0.25, 0.3) is 0 Å². The molecule has 0 fully saturated rings. The van der Waals surface area contributed by atoms with Gasteiger partial charge >= 0.3 is 5.97 Å². The first-order valence-corrected chi connectivity index (χ1v) is 5.06. The van der Waals surface area contributed by atoms with E-state index in [1.165, 1.54) is 11.9 Å². The maximum atomic E-state index is 10.6. The van der Waals surface area contributed by atoms with Gasteiger partial charge in [0, 0.05) is 0 Å². The smallest absolute Gasteiger partial charge is 0.322 e. The molecular weight excluding hydrogens is 176 g/mol. The molecule has 4 nitrogen and oxygen atoms in total. The molecule has 1 atom stereocenters. The van der Waals surface area contributed by atoms with Crippen LogP contribution in [0.15, 0.2) is 0 Å². The number of carboxylic acids is 1. The highest BCUT2D eigenvalue weighted by Gasteiger charge is 2.17. The number of nitrogens with one attached hydrogen (secondary N) is 2. The fraction of sp³-hybridized carbons (Fsp3) is 0.857. The fourth-order valence-electron chi connectivity index (χ4n) is 0.823. The van der Waals surface area contributed by atoms with Crippen LogP contribution in [0.4, 0.5) is 0 Å². The third-order valence-corrected chi connectivity index (χ3v) is 1.66. The van der Waals surface area contributed by atoms with E-state index < -0.39 is 12.0 Å². The van der Waals surface area contributed by atoms with Crippen molar-refractivity contribution in [1.82, 2.24) is 10.3 Å². The molecule has 0 aliphatic heterocycles. The van der Waals surface area contributed by atoms with Crippen molar-refractivity contribution in [2.24, 2.45) is 5.92 Å². The molecule has 0 aromatic rings. The molecule has 0 bridgehead atoms. The van der Waals surface area contributed by atoms with Crippen molar-refractivity contribution in [3.8, 4) is 0 Å². The molecule has 0 amide bonds. The predicted octanol–water partition coefficient (Wildman–Crippen LogP) is 0.858. The van der Waals surface area contributed by atoms with Crippen LogP contribution < -0.4 is 10.3 Å². The van der Waals surface area contributed by atoms with E-state index in [9.17, 15) is 4.79 Å². The number of aliphatic carboxylic acids is 1. The first kappa shape index (κ1) is 11.7. The van der Waals surface area contributed by atoms with Gasteiger partial charge in [0.1, 0.15) is 6.04 Å². The molecule has 0 aliphatic rings. The number of hydrazine groups is 1. The van der Waals surface area contributed by atoms with Gasteiger partial charge in [0.15, 0.2) is 0 Å². The van der Waals surface area contributed by atoms with E-state index >= 15 is 0 Å². The molecule has 0 rings (SSSR count). The van der Waals surface area contributed by atoms with Crippen LogP contribution in [-0.4, -0.2) is 23.4 Å². The normalized spacial score (nSPS) is 13.3. The number of hydrogen-bond donors (Lipinski definition) is 3. The van der Waals surface area contributed by atoms with E-state index in [0.29, 0.717) is 12.3 Å². The van der Waals surface area contributed by atoms with E-state index in [1.54, 1.807) is 0 Å². The Balaban J connectivity index is 3.78. The first-order valence-electron chi connectivity index (χ1n) is 3.84. The highest BCUT2D eigenvalue weighted by molar-refractivity contribution is 7.96. The Labute approximate surface area is 77.2 Å². The van der Waals surface area contributed by atoms with Gasteiger partial charge in [-0.05, 0) is 18.6 Å². The Morgan fingerprint density at radius 2 is 2.17 bits per heavy atom. The Bertz CT molecular complexity index is 141. The van der Waals surface area contributed by atoms with Crippen molar-refractivity contribution in [2.45, 2.75) is 26.3 Å². The largest absolute Gasteiger partial charge is 0.480 e. The monoisotopic (exact) mass is 192 g/mol. The summed E-state index contributed by atoms with van der Waals surface area (Å²) < 4.78 is 0. The summed E-state index contributed by atoms with van der Waals surface area (Å²) in [6, 6.07) is -0.502. The van der Waals surface area contributed by atoms with Gasteiger partial charge in [-0.25, -0.2) is 10.3 Å². The number of hydrogen-bond acceptors (Lipinski definition) is 4. The minimum absolute atomic E-state index is 0.377. The lowest BCUT2D eigenvalue weighted by Gasteiger charge is -2.15. The summed E-state index contributed by atoms with van der Waals surface area (Å²) in [5.74, 6) is -0.437. The summed E-state index contributed by atoms with van der Waals surface area (Å²) in [6.07, 6.45) is 2.46. The molecule has 0 aromatic carbocycles. The van der Waals surface area contributed by atoms with Gasteiger partial charge in [-0.3, -0.25) is 4.79 Å². The lowest BCUT2D eigenvalue weighted by atomic mass is 10.0. The maximum Gasteiger partial charge on any atom is 0.322 e. The van der Waals surface area contributed by atoms with Crippen molar-refractivity contribution in [3.05, 3.63) is 0 Å². The maximum absolute atomic E-state index is 10.6. The minimum Gasteiger partial charge on any atom is -0.480 e. The van der Waals surface area contributed by atoms with Gasteiger partial charge in [-0.1, -0.05) is 25.8 Å². The highest BCUT2D eigenvalue weighted by atomic mass is 32.2. The second kappa shape index (κ2) is 6.28. The molecule has 0 heterocycles. The van der Waals surface area contributed by atoms with Gasteiger partial charge < -0.3 is 5.11 Å². The van der Waals surface area contributed by atoms with E-state index in [4.69, 9.17) is 5.11 Å². The number of rotatable bonds is 6. The molecule has 72 valence electrons. The van der Waals surface area contributed by atoms with Crippen LogP contribution in [0.1, 0.15) is 20.3 Å².